The van der Waals surface area contributed by atoms with Crippen LogP contribution in [0.1, 0.15) is 0 Å². The van der Waals surface area contributed by atoms with E-state index in [0.717, 1.165) is 55.0 Å². The number of hydrogen-bond acceptors (Lipinski definition) is 7. The summed E-state index contributed by atoms with van der Waals surface area (Å²) in [5.74, 6) is 0.840. The molecule has 0 aliphatic carbocycles. The van der Waals surface area contributed by atoms with E-state index in [1.54, 1.807) is 36.9 Å². The van der Waals surface area contributed by atoms with Crippen LogP contribution in [0.2, 0.25) is 0 Å². The Morgan fingerprint density at radius 1 is 0.575 bits per heavy atom. The smallest absolute Gasteiger partial charge is 0.475 e. The molecule has 8 aromatic rings. The quantitative estimate of drug-likeness (QED) is 0.174. The number of aromatic nitrogens is 4. The number of rotatable bonds is 4. The summed E-state index contributed by atoms with van der Waals surface area (Å²) in [5.41, 5.74) is 6.00. The van der Waals surface area contributed by atoms with Crippen LogP contribution in [0.3, 0.4) is 0 Å². The van der Waals surface area contributed by atoms with Crippen LogP contribution >= 0.6 is 0 Å². The van der Waals surface area contributed by atoms with Crippen LogP contribution < -0.4 is 4.74 Å². The van der Waals surface area contributed by atoms with Crippen LogP contribution in [0, 0.1) is 12.1 Å². The second-order valence-electron chi connectivity index (χ2n) is 9.02. The van der Waals surface area contributed by atoms with Gasteiger partial charge in [0.25, 0.3) is 0 Å². The van der Waals surface area contributed by atoms with Gasteiger partial charge in [-0.3, -0.25) is 19.9 Å². The molecule has 0 radical (unpaired) electrons. The topological polar surface area (TPSA) is 87.1 Å². The molecule has 0 atom stereocenters. The molecule has 8 heteroatoms. The van der Waals surface area contributed by atoms with E-state index in [2.05, 4.69) is 22.1 Å². The van der Waals surface area contributed by atoms with E-state index in [9.17, 15) is 0 Å². The fourth-order valence-electron chi connectivity index (χ4n) is 4.78. The molecule has 7 nitrogen and oxygen atoms in total. The van der Waals surface area contributed by atoms with E-state index < -0.39 is 0 Å². The minimum Gasteiger partial charge on any atom is -0.475 e. The van der Waals surface area contributed by atoms with Gasteiger partial charge in [0.1, 0.15) is 11.2 Å². The summed E-state index contributed by atoms with van der Waals surface area (Å²) in [6.45, 7) is 0. The maximum absolute atomic E-state index is 6.06. The number of benzene rings is 2. The van der Waals surface area contributed by atoms with Gasteiger partial charge in [-0.2, -0.15) is 0 Å². The Morgan fingerprint density at radius 3 is 1.57 bits per heavy atom. The van der Waals surface area contributed by atoms with Crippen molar-refractivity contribution in [2.24, 2.45) is 0 Å². The van der Waals surface area contributed by atoms with Crippen molar-refractivity contribution in [1.29, 1.82) is 0 Å². The first-order chi connectivity index (χ1) is 19.3. The van der Waals surface area contributed by atoms with Gasteiger partial charge < -0.3 is 13.6 Å². The third-order valence-corrected chi connectivity index (χ3v) is 6.62. The van der Waals surface area contributed by atoms with Crippen LogP contribution in [-0.4, -0.2) is 19.9 Å². The first-order valence-corrected chi connectivity index (χ1v) is 12.3. The Hall–Kier alpha value is -4.87. The third-order valence-electron chi connectivity index (χ3n) is 6.62. The molecule has 40 heavy (non-hydrogen) atoms. The van der Waals surface area contributed by atoms with Gasteiger partial charge in [-0.15, -0.1) is 35.4 Å². The van der Waals surface area contributed by atoms with E-state index in [0.29, 0.717) is 23.1 Å². The number of furan rings is 2. The van der Waals surface area contributed by atoms with Crippen LogP contribution in [0.5, 0.6) is 11.8 Å². The van der Waals surface area contributed by atoms with E-state index in [-0.39, 0.29) is 21.1 Å². The zero-order chi connectivity index (χ0) is 25.8. The van der Waals surface area contributed by atoms with E-state index >= 15 is 0 Å². The standard InChI is InChI=1S/C32H16N4O3.Pt/c1-3-25(19-7-9-21-23-11-13-33-17-29(23)37-27(21)15-19)35-31(5-1)39-32-6-2-4-26(36-32)20-8-10-22-24-12-14-34-18-30(24)38-28(22)16-20;/h1-6,9-18H;/q-2;+2. The molecular formula is C32H16N4O3Pt. The van der Waals surface area contributed by atoms with Gasteiger partial charge in [0, 0.05) is 12.4 Å². The monoisotopic (exact) mass is 699 g/mol. The Morgan fingerprint density at radius 2 is 1.07 bits per heavy atom. The van der Waals surface area contributed by atoms with Gasteiger partial charge in [-0.25, -0.2) is 0 Å². The first kappa shape index (κ1) is 24.2. The van der Waals surface area contributed by atoms with Crippen LogP contribution in [-0.2, 0) is 21.1 Å². The molecule has 0 saturated heterocycles. The zero-order valence-electron chi connectivity index (χ0n) is 20.6. The number of ether oxygens (including phenoxy) is 1. The van der Waals surface area contributed by atoms with Crippen LogP contribution in [0.25, 0.3) is 66.4 Å². The maximum atomic E-state index is 6.06. The maximum Gasteiger partial charge on any atom is 2.00 e. The number of fused-ring (bicyclic) bond motifs is 6. The SMILES string of the molecule is [Pt+2].[c-]1cc2c(cc1-c1cccc(Oc3cccc(-c4[c-]cc5c(c4)oc4cnccc45)n3)n1)oc1cnccc12. The molecule has 0 spiro atoms. The summed E-state index contributed by atoms with van der Waals surface area (Å²) >= 11 is 0. The molecule has 0 fully saturated rings. The first-order valence-electron chi connectivity index (χ1n) is 12.3. The minimum absolute atomic E-state index is 0. The van der Waals surface area contributed by atoms with E-state index in [1.165, 1.54) is 0 Å². The Balaban J connectivity index is 0.00000264. The second-order valence-corrected chi connectivity index (χ2v) is 9.02. The number of nitrogens with zero attached hydrogens (tertiary/aromatic N) is 4. The fraction of sp³-hybridized carbons (Fsp3) is 0. The third kappa shape index (κ3) is 4.12. The van der Waals surface area contributed by atoms with Crippen molar-refractivity contribution in [2.75, 3.05) is 0 Å². The summed E-state index contributed by atoms with van der Waals surface area (Å²) in [7, 11) is 0. The van der Waals surface area contributed by atoms with Crippen molar-refractivity contribution in [3.8, 4) is 34.3 Å². The Labute approximate surface area is 241 Å². The Kier molecular flexibility index (Phi) is 5.87. The molecule has 0 bridgehead atoms. The molecule has 6 aromatic heterocycles. The minimum atomic E-state index is 0. The normalized spacial score (nSPS) is 11.3. The predicted molar refractivity (Wildman–Crippen MR) is 147 cm³/mol. The van der Waals surface area contributed by atoms with Crippen LogP contribution in [0.15, 0.2) is 106 Å². The molecule has 0 aliphatic heterocycles. The fourth-order valence-corrected chi connectivity index (χ4v) is 4.78. The molecule has 0 amide bonds. The molecule has 6 heterocycles. The number of pyridine rings is 4. The van der Waals surface area contributed by atoms with Crippen LogP contribution in [0.4, 0.5) is 0 Å². The predicted octanol–water partition coefficient (Wildman–Crippen LogP) is 7.79. The average Bonchev–Trinajstić information content (AvgIpc) is 3.55. The number of hydrogen-bond donors (Lipinski definition) is 0. The molecule has 192 valence electrons. The second kappa shape index (κ2) is 9.70. The summed E-state index contributed by atoms with van der Waals surface area (Å²) in [5, 5.41) is 3.98. The largest absolute Gasteiger partial charge is 2.00 e. The van der Waals surface area contributed by atoms with Crippen molar-refractivity contribution >= 4 is 43.9 Å². The zero-order valence-corrected chi connectivity index (χ0v) is 22.8. The van der Waals surface area contributed by atoms with Gasteiger partial charge in [-0.05, 0) is 46.4 Å². The summed E-state index contributed by atoms with van der Waals surface area (Å²) < 4.78 is 18.0. The summed E-state index contributed by atoms with van der Waals surface area (Å²) in [4.78, 5) is 17.7. The van der Waals surface area contributed by atoms with Crippen molar-refractivity contribution in [3.63, 3.8) is 0 Å². The van der Waals surface area contributed by atoms with Gasteiger partial charge >= 0.3 is 21.1 Å². The molecule has 8 rings (SSSR count). The van der Waals surface area contributed by atoms with E-state index in [1.807, 2.05) is 60.7 Å². The average molecular weight is 700 g/mol. The molecule has 0 unspecified atom stereocenters. The molecule has 2 aromatic carbocycles. The molecule has 0 N–H and O–H groups in total. The summed E-state index contributed by atoms with van der Waals surface area (Å²) in [6.07, 6.45) is 6.94. The molecule has 0 saturated carbocycles. The van der Waals surface area contributed by atoms with Crippen molar-refractivity contribution in [1.82, 2.24) is 19.9 Å². The van der Waals surface area contributed by atoms with Gasteiger partial charge in [0.05, 0.1) is 23.6 Å². The van der Waals surface area contributed by atoms with E-state index in [4.69, 9.17) is 23.5 Å². The summed E-state index contributed by atoms with van der Waals surface area (Å²) in [6, 6.07) is 29.4. The molecular weight excluding hydrogens is 683 g/mol. The van der Waals surface area contributed by atoms with Crippen molar-refractivity contribution < 1.29 is 34.6 Å². The van der Waals surface area contributed by atoms with Crippen molar-refractivity contribution in [3.05, 3.63) is 110 Å². The van der Waals surface area contributed by atoms with Gasteiger partial charge in [-0.1, -0.05) is 47.2 Å². The van der Waals surface area contributed by atoms with Gasteiger partial charge in [0.15, 0.2) is 0 Å². The molecule has 0 aliphatic rings. The van der Waals surface area contributed by atoms with Crippen molar-refractivity contribution in [2.45, 2.75) is 0 Å². The Bertz CT molecular complexity index is 2030. The van der Waals surface area contributed by atoms with Gasteiger partial charge in [0.2, 0.25) is 11.8 Å².